The average Bonchev–Trinajstić information content (AvgIpc) is 3.54. The number of aryl methyl sites for hydroxylation is 2. The molecule has 1 aromatic heterocycles. The van der Waals surface area contributed by atoms with Gasteiger partial charge in [0, 0.05) is 12.2 Å². The number of rotatable bonds is 11. The highest BCUT2D eigenvalue weighted by molar-refractivity contribution is 6.34. The third-order valence-electron chi connectivity index (χ3n) is 6.55. The fraction of sp³-hybridized carbons (Fsp3) is 0.357. The molecule has 34 heavy (non-hydrogen) atoms. The first-order chi connectivity index (χ1) is 16.5. The molecule has 2 aromatic carbocycles. The number of aromatic nitrogens is 1. The van der Waals surface area contributed by atoms with Crippen LogP contribution < -0.4 is 5.32 Å². The molecule has 1 aliphatic carbocycles. The predicted octanol–water partition coefficient (Wildman–Crippen LogP) is 6.56. The average molecular weight is 479 g/mol. The van der Waals surface area contributed by atoms with Crippen molar-refractivity contribution >= 4 is 29.2 Å². The van der Waals surface area contributed by atoms with Crippen LogP contribution in [0.5, 0.6) is 0 Å². The highest BCUT2D eigenvalue weighted by Gasteiger charge is 2.44. The molecule has 1 saturated carbocycles. The number of hydrogen-bond acceptors (Lipinski definition) is 2. The summed E-state index contributed by atoms with van der Waals surface area (Å²) in [6, 6.07) is 19.8. The number of amides is 1. The molecule has 4 rings (SSSR count). The Morgan fingerprint density at radius 3 is 2.56 bits per heavy atom. The lowest BCUT2D eigenvalue weighted by Crippen LogP contribution is -2.19. The molecule has 0 saturated heterocycles. The first kappa shape index (κ1) is 24.1. The maximum Gasteiger partial charge on any atom is 0.307 e. The fourth-order valence-corrected chi connectivity index (χ4v) is 4.68. The Hall–Kier alpha value is -3.05. The van der Waals surface area contributed by atoms with Crippen LogP contribution in [0.4, 0.5) is 5.69 Å². The molecule has 0 radical (unpaired) electrons. The molecule has 178 valence electrons. The molecule has 6 heteroatoms. The van der Waals surface area contributed by atoms with E-state index >= 15 is 0 Å². The Morgan fingerprint density at radius 2 is 1.85 bits per heavy atom. The number of nitrogens with one attached hydrogen (secondary N) is 1. The maximum atomic E-state index is 13.2. The molecule has 0 bridgehead atoms. The number of carbonyl (C=O) groups excluding carboxylic acids is 1. The summed E-state index contributed by atoms with van der Waals surface area (Å²) in [4.78, 5) is 24.5. The van der Waals surface area contributed by atoms with Crippen LogP contribution in [0.1, 0.15) is 65.8 Å². The summed E-state index contributed by atoms with van der Waals surface area (Å²) in [6.07, 6.45) is 5.58. The summed E-state index contributed by atoms with van der Waals surface area (Å²) >= 11 is 6.37. The van der Waals surface area contributed by atoms with E-state index in [9.17, 15) is 14.7 Å². The largest absolute Gasteiger partial charge is 0.481 e. The summed E-state index contributed by atoms with van der Waals surface area (Å²) < 4.78 is 2.13. The van der Waals surface area contributed by atoms with Gasteiger partial charge in [-0.05, 0) is 73.4 Å². The van der Waals surface area contributed by atoms with Crippen molar-refractivity contribution in [3.05, 3.63) is 88.2 Å². The van der Waals surface area contributed by atoms with Crippen LogP contribution in [0.25, 0.3) is 0 Å². The number of carbonyl (C=O) groups is 2. The molecule has 2 N–H and O–H groups in total. The normalized spacial score (nSPS) is 16.9. The van der Waals surface area contributed by atoms with Crippen LogP contribution in [0.3, 0.4) is 0 Å². The van der Waals surface area contributed by atoms with Gasteiger partial charge in [-0.3, -0.25) is 9.59 Å². The Balaban J connectivity index is 1.47. The van der Waals surface area contributed by atoms with Crippen molar-refractivity contribution in [3.63, 3.8) is 0 Å². The monoisotopic (exact) mass is 478 g/mol. The second kappa shape index (κ2) is 10.9. The van der Waals surface area contributed by atoms with Gasteiger partial charge in [-0.15, -0.1) is 0 Å². The van der Waals surface area contributed by atoms with Crippen LogP contribution in [0.15, 0.2) is 60.7 Å². The van der Waals surface area contributed by atoms with Gasteiger partial charge in [0.25, 0.3) is 5.91 Å². The minimum atomic E-state index is -0.779. The van der Waals surface area contributed by atoms with Crippen LogP contribution in [0.2, 0.25) is 5.02 Å². The van der Waals surface area contributed by atoms with E-state index in [0.29, 0.717) is 22.8 Å². The highest BCUT2D eigenvalue weighted by Crippen LogP contribution is 2.48. The number of anilines is 1. The molecule has 0 spiro atoms. The number of halogens is 1. The third-order valence-corrected chi connectivity index (χ3v) is 6.88. The minimum absolute atomic E-state index is 0.0185. The van der Waals surface area contributed by atoms with Crippen LogP contribution in [0, 0.1) is 5.92 Å². The molecule has 2 atom stereocenters. The lowest BCUT2D eigenvalue weighted by molar-refractivity contribution is -0.138. The molecule has 3 aromatic rings. The van der Waals surface area contributed by atoms with E-state index in [1.807, 2.05) is 24.3 Å². The van der Waals surface area contributed by atoms with Crippen molar-refractivity contribution in [2.45, 2.75) is 57.9 Å². The molecule has 1 amide bonds. The van der Waals surface area contributed by atoms with Gasteiger partial charge in [0.2, 0.25) is 0 Å². The Labute approximate surface area is 205 Å². The molecule has 0 unspecified atom stereocenters. The summed E-state index contributed by atoms with van der Waals surface area (Å²) in [6.45, 7) is 2.94. The predicted molar refractivity (Wildman–Crippen MR) is 136 cm³/mol. The molecule has 5 nitrogen and oxygen atoms in total. The Kier molecular flexibility index (Phi) is 7.73. The zero-order chi connectivity index (χ0) is 24.1. The van der Waals surface area contributed by atoms with Crippen LogP contribution >= 0.6 is 11.6 Å². The number of nitrogens with zero attached hydrogens (tertiary/aromatic N) is 1. The topological polar surface area (TPSA) is 71.3 Å². The molecule has 1 fully saturated rings. The smallest absolute Gasteiger partial charge is 0.307 e. The first-order valence-corrected chi connectivity index (χ1v) is 12.4. The molecular formula is C28H31ClN2O3. The van der Waals surface area contributed by atoms with Gasteiger partial charge in [-0.2, -0.15) is 0 Å². The number of hydrogen-bond donors (Lipinski definition) is 2. The number of carboxylic acid groups (broad SMARTS) is 1. The summed E-state index contributed by atoms with van der Waals surface area (Å²) in [7, 11) is 0. The van der Waals surface area contributed by atoms with E-state index in [1.165, 1.54) is 5.56 Å². The summed E-state index contributed by atoms with van der Waals surface area (Å²) in [5.74, 6) is -1.35. The number of carboxylic acids is 1. The molecule has 0 aliphatic heterocycles. The first-order valence-electron chi connectivity index (χ1n) is 12.0. The van der Waals surface area contributed by atoms with Crippen molar-refractivity contribution < 1.29 is 14.7 Å². The molecular weight excluding hydrogens is 448 g/mol. The maximum absolute atomic E-state index is 13.2. The number of benzene rings is 2. The molecule has 1 heterocycles. The minimum Gasteiger partial charge on any atom is -0.481 e. The second-order valence-electron chi connectivity index (χ2n) is 9.03. The van der Waals surface area contributed by atoms with Gasteiger partial charge >= 0.3 is 5.97 Å². The van der Waals surface area contributed by atoms with Gasteiger partial charge in [-0.25, -0.2) is 0 Å². The standard InChI is InChI=1S/C28H31ClN2O3/c1-2-3-16-31-21(11-7-10-19-8-5-4-6-9-19)13-15-26(31)27(32)30-25-17-20(12-14-24(25)29)22-18-23(22)28(33)34/h4-6,8-9,12-15,17,22-23H,2-3,7,10-11,16,18H2,1H3,(H,30,32)(H,33,34)/t22-,23-/m1/s1. The Morgan fingerprint density at radius 1 is 1.06 bits per heavy atom. The van der Waals surface area contributed by atoms with Gasteiger partial charge in [0.05, 0.1) is 16.6 Å². The Bertz CT molecular complexity index is 1160. The van der Waals surface area contributed by atoms with Gasteiger partial charge in [-0.1, -0.05) is 61.3 Å². The lowest BCUT2D eigenvalue weighted by atomic mass is 10.1. The third kappa shape index (κ3) is 5.71. The van der Waals surface area contributed by atoms with E-state index in [2.05, 4.69) is 47.1 Å². The SMILES string of the molecule is CCCCn1c(CCCc2ccccc2)ccc1C(=O)Nc1cc([C@H]2C[C@H]2C(=O)O)ccc1Cl. The lowest BCUT2D eigenvalue weighted by Gasteiger charge is -2.14. The van der Waals surface area contributed by atoms with Crippen molar-refractivity contribution in [3.8, 4) is 0 Å². The number of unbranched alkanes of at least 4 members (excludes halogenated alkanes) is 1. The fourth-order valence-electron chi connectivity index (χ4n) is 4.52. The van der Waals surface area contributed by atoms with Gasteiger partial charge < -0.3 is 15.0 Å². The zero-order valence-electron chi connectivity index (χ0n) is 19.5. The van der Waals surface area contributed by atoms with E-state index in [0.717, 1.165) is 49.9 Å². The number of aliphatic carboxylic acids is 1. The van der Waals surface area contributed by atoms with Crippen molar-refractivity contribution in [1.29, 1.82) is 0 Å². The summed E-state index contributed by atoms with van der Waals surface area (Å²) in [5, 5.41) is 12.6. The summed E-state index contributed by atoms with van der Waals surface area (Å²) in [5.41, 5.74) is 4.53. The quantitative estimate of drug-likeness (QED) is 0.328. The zero-order valence-corrected chi connectivity index (χ0v) is 20.2. The molecule has 1 aliphatic rings. The highest BCUT2D eigenvalue weighted by atomic mass is 35.5. The van der Waals surface area contributed by atoms with E-state index in [4.69, 9.17) is 11.6 Å². The van der Waals surface area contributed by atoms with Gasteiger partial charge in [0.15, 0.2) is 0 Å². The van der Waals surface area contributed by atoms with E-state index in [-0.39, 0.29) is 17.7 Å². The van der Waals surface area contributed by atoms with Gasteiger partial charge in [0.1, 0.15) is 5.69 Å². The van der Waals surface area contributed by atoms with E-state index in [1.54, 1.807) is 6.07 Å². The van der Waals surface area contributed by atoms with Crippen molar-refractivity contribution in [2.24, 2.45) is 5.92 Å². The van der Waals surface area contributed by atoms with Crippen LogP contribution in [-0.2, 0) is 24.2 Å². The van der Waals surface area contributed by atoms with E-state index < -0.39 is 5.97 Å². The van der Waals surface area contributed by atoms with Crippen LogP contribution in [-0.4, -0.2) is 21.6 Å². The van der Waals surface area contributed by atoms with Crippen molar-refractivity contribution in [1.82, 2.24) is 4.57 Å². The second-order valence-corrected chi connectivity index (χ2v) is 9.44. The van der Waals surface area contributed by atoms with Crippen molar-refractivity contribution in [2.75, 3.05) is 5.32 Å².